The number of aromatic nitrogens is 1. The topological polar surface area (TPSA) is 41.8 Å². The highest BCUT2D eigenvalue weighted by Gasteiger charge is 2.22. The smallest absolute Gasteiger partial charge is 0.193 e. The van der Waals surface area contributed by atoms with Gasteiger partial charge in [-0.25, -0.2) is 0 Å². The van der Waals surface area contributed by atoms with Crippen molar-refractivity contribution in [2.24, 2.45) is 12.0 Å². The van der Waals surface area contributed by atoms with Crippen LogP contribution in [0.3, 0.4) is 0 Å². The van der Waals surface area contributed by atoms with Crippen LogP contribution in [-0.2, 0) is 20.0 Å². The average Bonchev–Trinajstić information content (AvgIpc) is 3.10. The molecule has 0 saturated carbocycles. The lowest BCUT2D eigenvalue weighted by Crippen LogP contribution is -2.43. The van der Waals surface area contributed by atoms with E-state index in [1.807, 2.05) is 43.1 Å². The highest BCUT2D eigenvalue weighted by molar-refractivity contribution is 14.0. The average molecular weight is 475 g/mol. The number of nitrogens with zero attached hydrogens (tertiary/aromatic N) is 3. The van der Waals surface area contributed by atoms with E-state index in [-0.39, 0.29) is 30.1 Å². The molecule has 0 fully saturated rings. The Morgan fingerprint density at radius 1 is 1.44 bits per heavy atom. The summed E-state index contributed by atoms with van der Waals surface area (Å²) in [5.41, 5.74) is 2.40. The molecule has 136 valence electrons. The number of rotatable bonds is 4. The van der Waals surface area contributed by atoms with Crippen molar-refractivity contribution in [1.82, 2.24) is 14.8 Å². The molecule has 5 nitrogen and oxygen atoms in total. The molecule has 25 heavy (non-hydrogen) atoms. The van der Waals surface area contributed by atoms with Crippen LogP contribution in [0, 0.1) is 0 Å². The molecule has 1 aliphatic rings. The highest BCUT2D eigenvalue weighted by Crippen LogP contribution is 2.27. The van der Waals surface area contributed by atoms with E-state index in [1.165, 1.54) is 5.56 Å². The maximum absolute atomic E-state index is 6.05. The molecule has 1 aliphatic heterocycles. The van der Waals surface area contributed by atoms with Gasteiger partial charge in [-0.3, -0.25) is 4.99 Å². The van der Waals surface area contributed by atoms with Crippen molar-refractivity contribution in [1.29, 1.82) is 0 Å². The number of nitrogens with one attached hydrogen (secondary N) is 1. The van der Waals surface area contributed by atoms with E-state index in [0.717, 1.165) is 41.9 Å². The predicted molar refractivity (Wildman–Crippen MR) is 113 cm³/mol. The van der Waals surface area contributed by atoms with Crippen LogP contribution >= 0.6 is 35.6 Å². The van der Waals surface area contributed by atoms with Crippen LogP contribution in [0.15, 0.2) is 41.5 Å². The van der Waals surface area contributed by atoms with E-state index in [2.05, 4.69) is 27.3 Å². The van der Waals surface area contributed by atoms with E-state index in [4.69, 9.17) is 16.3 Å². The van der Waals surface area contributed by atoms with Crippen LogP contribution in [0.25, 0.3) is 0 Å². The number of halogens is 2. The normalized spacial score (nSPS) is 16.0. The van der Waals surface area contributed by atoms with Gasteiger partial charge in [-0.1, -0.05) is 29.8 Å². The first-order valence-electron chi connectivity index (χ1n) is 8.04. The van der Waals surface area contributed by atoms with Gasteiger partial charge in [0.05, 0.1) is 18.1 Å². The second-order valence-corrected chi connectivity index (χ2v) is 6.53. The molecule has 3 rings (SSSR count). The lowest BCUT2D eigenvalue weighted by Gasteiger charge is -2.23. The second kappa shape index (κ2) is 8.80. The predicted octanol–water partition coefficient (Wildman–Crippen LogP) is 3.31. The molecular weight excluding hydrogens is 451 g/mol. The molecule has 2 aromatic rings. The van der Waals surface area contributed by atoms with Crippen LogP contribution in [0.4, 0.5) is 0 Å². The van der Waals surface area contributed by atoms with Gasteiger partial charge < -0.3 is 19.5 Å². The van der Waals surface area contributed by atoms with Crippen molar-refractivity contribution in [3.8, 4) is 5.75 Å². The summed E-state index contributed by atoms with van der Waals surface area (Å²) in [7, 11) is 5.80. The molecule has 0 saturated heterocycles. The van der Waals surface area contributed by atoms with E-state index in [9.17, 15) is 0 Å². The quantitative estimate of drug-likeness (QED) is 0.420. The third-order valence-corrected chi connectivity index (χ3v) is 4.46. The molecule has 0 radical (unpaired) electrons. The lowest BCUT2D eigenvalue weighted by atomic mass is 10.1. The molecular formula is C18H24ClIN4O. The Bertz CT molecular complexity index is 721. The number of hydrogen-bond donors (Lipinski definition) is 1. The third kappa shape index (κ3) is 4.82. The maximum Gasteiger partial charge on any atom is 0.193 e. The van der Waals surface area contributed by atoms with Crippen LogP contribution in [0.5, 0.6) is 5.75 Å². The number of benzene rings is 1. The molecule has 0 amide bonds. The summed E-state index contributed by atoms with van der Waals surface area (Å²) < 4.78 is 8.00. The van der Waals surface area contributed by atoms with Gasteiger partial charge >= 0.3 is 0 Å². The zero-order valence-electron chi connectivity index (χ0n) is 14.7. The number of aliphatic imine (C=N–C) groups is 1. The molecule has 1 aromatic heterocycles. The molecule has 7 heteroatoms. The lowest BCUT2D eigenvalue weighted by molar-refractivity contribution is 0.233. The highest BCUT2D eigenvalue weighted by atomic mass is 127. The summed E-state index contributed by atoms with van der Waals surface area (Å²) in [5.74, 6) is 1.83. The zero-order chi connectivity index (χ0) is 17.1. The molecule has 0 spiro atoms. The maximum atomic E-state index is 6.05. The van der Waals surface area contributed by atoms with E-state index >= 15 is 0 Å². The van der Waals surface area contributed by atoms with Gasteiger partial charge in [-0.15, -0.1) is 24.0 Å². The first kappa shape index (κ1) is 19.9. The fourth-order valence-electron chi connectivity index (χ4n) is 3.00. The van der Waals surface area contributed by atoms with Crippen LogP contribution in [-0.4, -0.2) is 42.2 Å². The number of hydrogen-bond acceptors (Lipinski definition) is 2. The Morgan fingerprint density at radius 2 is 2.20 bits per heavy atom. The van der Waals surface area contributed by atoms with Gasteiger partial charge in [-0.2, -0.15) is 0 Å². The Labute approximate surface area is 171 Å². The molecule has 1 unspecified atom stereocenters. The zero-order valence-corrected chi connectivity index (χ0v) is 17.8. The van der Waals surface area contributed by atoms with E-state index in [1.54, 1.807) is 7.05 Å². The first-order chi connectivity index (χ1) is 11.6. The summed E-state index contributed by atoms with van der Waals surface area (Å²) in [6.45, 7) is 1.45. The van der Waals surface area contributed by atoms with Crippen LogP contribution in [0.1, 0.15) is 11.3 Å². The number of aryl methyl sites for hydroxylation is 1. The summed E-state index contributed by atoms with van der Waals surface area (Å²) >= 11 is 6.05. The summed E-state index contributed by atoms with van der Waals surface area (Å²) in [6, 6.07) is 10.2. The van der Waals surface area contributed by atoms with Gasteiger partial charge in [0.15, 0.2) is 5.96 Å². The molecule has 0 aliphatic carbocycles. The molecule has 0 bridgehead atoms. The van der Waals surface area contributed by atoms with Crippen molar-refractivity contribution in [2.45, 2.75) is 19.1 Å². The fraction of sp³-hybridized carbons (Fsp3) is 0.389. The Balaban J connectivity index is 0.00000225. The second-order valence-electron chi connectivity index (χ2n) is 6.10. The van der Waals surface area contributed by atoms with Crippen molar-refractivity contribution in [2.75, 3.05) is 20.6 Å². The number of ether oxygens (including phenoxy) is 1. The minimum absolute atomic E-state index is 0. The standard InChI is InChI=1S/C18H23ClN4O.HI/c1-20-18(23(3)12-15-9-14(19)11-22(15)2)21-10-16-8-13-6-4-5-7-17(13)24-16;/h4-7,9,11,16H,8,10,12H2,1-3H3,(H,20,21);1H. The Kier molecular flexibility index (Phi) is 7.01. The largest absolute Gasteiger partial charge is 0.488 e. The minimum Gasteiger partial charge on any atom is -0.488 e. The van der Waals surface area contributed by atoms with E-state index < -0.39 is 0 Å². The van der Waals surface area contributed by atoms with Crippen LogP contribution in [0.2, 0.25) is 5.02 Å². The van der Waals surface area contributed by atoms with Gasteiger partial charge in [-0.05, 0) is 17.7 Å². The molecule has 1 N–H and O–H groups in total. The SMILES string of the molecule is CN=C(NCC1Cc2ccccc2O1)N(C)Cc1cc(Cl)cn1C.I. The van der Waals surface area contributed by atoms with Gasteiger partial charge in [0.25, 0.3) is 0 Å². The van der Waals surface area contributed by atoms with E-state index in [0.29, 0.717) is 0 Å². The van der Waals surface area contributed by atoms with Gasteiger partial charge in [0.1, 0.15) is 11.9 Å². The van der Waals surface area contributed by atoms with Crippen molar-refractivity contribution >= 4 is 41.5 Å². The summed E-state index contributed by atoms with van der Waals surface area (Å²) in [4.78, 5) is 6.44. The Hall–Kier alpha value is -1.41. The van der Waals surface area contributed by atoms with Gasteiger partial charge in [0.2, 0.25) is 0 Å². The molecule has 1 aromatic carbocycles. The summed E-state index contributed by atoms with van der Waals surface area (Å²) in [5, 5.41) is 4.15. The van der Waals surface area contributed by atoms with Crippen molar-refractivity contribution in [3.05, 3.63) is 52.8 Å². The third-order valence-electron chi connectivity index (χ3n) is 4.25. The monoisotopic (exact) mass is 474 g/mol. The number of para-hydroxylation sites is 1. The number of fused-ring (bicyclic) bond motifs is 1. The van der Waals surface area contributed by atoms with Gasteiger partial charge in [0, 0.05) is 39.5 Å². The van der Waals surface area contributed by atoms with Crippen LogP contribution < -0.4 is 10.1 Å². The Morgan fingerprint density at radius 3 is 2.84 bits per heavy atom. The minimum atomic E-state index is 0. The molecule has 1 atom stereocenters. The fourth-order valence-corrected chi connectivity index (χ4v) is 3.27. The summed E-state index contributed by atoms with van der Waals surface area (Å²) in [6.07, 6.45) is 2.97. The molecule has 2 heterocycles. The number of guanidine groups is 1. The van der Waals surface area contributed by atoms with Crippen molar-refractivity contribution in [3.63, 3.8) is 0 Å². The van der Waals surface area contributed by atoms with Crippen molar-refractivity contribution < 1.29 is 4.74 Å². The first-order valence-corrected chi connectivity index (χ1v) is 8.41.